The van der Waals surface area contributed by atoms with E-state index in [2.05, 4.69) is 15.1 Å². The van der Waals surface area contributed by atoms with E-state index in [0.29, 0.717) is 17.3 Å². The van der Waals surface area contributed by atoms with E-state index in [4.69, 9.17) is 11.6 Å². The minimum Gasteiger partial charge on any atom is -0.296 e. The summed E-state index contributed by atoms with van der Waals surface area (Å²) in [4.78, 5) is 2.19. The SMILES string of the molecule is FC1CCN(Cc2nnc(Cl)s2)CC1. The van der Waals surface area contributed by atoms with Crippen molar-refractivity contribution in [2.24, 2.45) is 0 Å². The van der Waals surface area contributed by atoms with Gasteiger partial charge in [0, 0.05) is 13.1 Å². The first kappa shape index (κ1) is 10.3. The van der Waals surface area contributed by atoms with Gasteiger partial charge in [-0.1, -0.05) is 11.3 Å². The Bertz CT molecular complexity index is 299. The first-order valence-electron chi connectivity index (χ1n) is 4.58. The van der Waals surface area contributed by atoms with Crippen molar-refractivity contribution in [3.05, 3.63) is 9.47 Å². The van der Waals surface area contributed by atoms with Crippen LogP contribution < -0.4 is 0 Å². The van der Waals surface area contributed by atoms with Crippen LogP contribution in [-0.4, -0.2) is 34.4 Å². The van der Waals surface area contributed by atoms with E-state index in [9.17, 15) is 4.39 Å². The zero-order valence-corrected chi connectivity index (χ0v) is 9.19. The highest BCUT2D eigenvalue weighted by Gasteiger charge is 2.19. The molecule has 6 heteroatoms. The van der Waals surface area contributed by atoms with Crippen LogP contribution in [0.3, 0.4) is 0 Å². The van der Waals surface area contributed by atoms with E-state index in [0.717, 1.165) is 24.6 Å². The Balaban J connectivity index is 1.86. The van der Waals surface area contributed by atoms with Crippen LogP contribution in [0.4, 0.5) is 4.39 Å². The average molecular weight is 236 g/mol. The summed E-state index contributed by atoms with van der Waals surface area (Å²) in [6, 6.07) is 0. The van der Waals surface area contributed by atoms with E-state index in [1.165, 1.54) is 11.3 Å². The van der Waals surface area contributed by atoms with Gasteiger partial charge < -0.3 is 0 Å². The standard InChI is InChI=1S/C8H11ClFN3S/c9-8-12-11-7(14-8)5-13-3-1-6(10)2-4-13/h6H,1-5H2. The van der Waals surface area contributed by atoms with Crippen LogP contribution in [0.5, 0.6) is 0 Å². The summed E-state index contributed by atoms with van der Waals surface area (Å²) in [5.74, 6) is 0. The van der Waals surface area contributed by atoms with Gasteiger partial charge in [-0.25, -0.2) is 4.39 Å². The molecule has 0 amide bonds. The van der Waals surface area contributed by atoms with E-state index in [1.54, 1.807) is 0 Å². The molecule has 2 heterocycles. The van der Waals surface area contributed by atoms with E-state index in [1.807, 2.05) is 0 Å². The molecule has 0 bridgehead atoms. The molecule has 3 nitrogen and oxygen atoms in total. The van der Waals surface area contributed by atoms with Gasteiger partial charge in [-0.15, -0.1) is 10.2 Å². The smallest absolute Gasteiger partial charge is 0.207 e. The fourth-order valence-electron chi connectivity index (χ4n) is 1.55. The van der Waals surface area contributed by atoms with E-state index in [-0.39, 0.29) is 0 Å². The van der Waals surface area contributed by atoms with Crippen molar-refractivity contribution >= 4 is 22.9 Å². The van der Waals surface area contributed by atoms with Crippen LogP contribution in [0.1, 0.15) is 17.8 Å². The maximum Gasteiger partial charge on any atom is 0.207 e. The predicted octanol–water partition coefficient (Wildman–Crippen LogP) is 2.13. The molecule has 2 rings (SSSR count). The van der Waals surface area contributed by atoms with Gasteiger partial charge >= 0.3 is 0 Å². The summed E-state index contributed by atoms with van der Waals surface area (Å²) in [5, 5.41) is 8.57. The van der Waals surface area contributed by atoms with Gasteiger partial charge in [-0.3, -0.25) is 4.90 Å². The fraction of sp³-hybridized carbons (Fsp3) is 0.750. The van der Waals surface area contributed by atoms with Crippen molar-refractivity contribution in [2.45, 2.75) is 25.6 Å². The van der Waals surface area contributed by atoms with Crippen LogP contribution in [0.2, 0.25) is 4.47 Å². The van der Waals surface area contributed by atoms with Gasteiger partial charge in [0.2, 0.25) is 4.47 Å². The zero-order valence-electron chi connectivity index (χ0n) is 7.62. The lowest BCUT2D eigenvalue weighted by molar-refractivity contribution is 0.145. The number of alkyl halides is 1. The van der Waals surface area contributed by atoms with E-state index >= 15 is 0 Å². The number of rotatable bonds is 2. The van der Waals surface area contributed by atoms with Crippen molar-refractivity contribution in [3.63, 3.8) is 0 Å². The Morgan fingerprint density at radius 1 is 1.43 bits per heavy atom. The normalized spacial score (nSPS) is 20.1. The second-order valence-corrected chi connectivity index (χ2v) is 5.04. The van der Waals surface area contributed by atoms with Crippen LogP contribution >= 0.6 is 22.9 Å². The lowest BCUT2D eigenvalue weighted by Gasteiger charge is -2.27. The Hall–Kier alpha value is -0.260. The average Bonchev–Trinajstić information content (AvgIpc) is 2.56. The largest absolute Gasteiger partial charge is 0.296 e. The Morgan fingerprint density at radius 3 is 2.71 bits per heavy atom. The maximum atomic E-state index is 12.8. The van der Waals surface area contributed by atoms with Crippen molar-refractivity contribution in [3.8, 4) is 0 Å². The lowest BCUT2D eigenvalue weighted by atomic mass is 10.1. The predicted molar refractivity (Wildman–Crippen MR) is 54.3 cm³/mol. The second kappa shape index (κ2) is 4.51. The van der Waals surface area contributed by atoms with Crippen LogP contribution in [0, 0.1) is 0 Å². The minimum atomic E-state index is -0.621. The molecule has 0 aliphatic carbocycles. The molecular formula is C8H11ClFN3S. The first-order chi connectivity index (χ1) is 6.74. The fourth-order valence-corrected chi connectivity index (χ4v) is 2.46. The summed E-state index contributed by atoms with van der Waals surface area (Å²) < 4.78 is 13.3. The monoisotopic (exact) mass is 235 g/mol. The topological polar surface area (TPSA) is 29.0 Å². The van der Waals surface area contributed by atoms with Crippen molar-refractivity contribution < 1.29 is 4.39 Å². The molecule has 1 aliphatic heterocycles. The summed E-state index contributed by atoms with van der Waals surface area (Å²) in [5.41, 5.74) is 0. The summed E-state index contributed by atoms with van der Waals surface area (Å²) in [6.45, 7) is 2.35. The quantitative estimate of drug-likeness (QED) is 0.787. The number of hydrogen-bond acceptors (Lipinski definition) is 4. The number of halogens is 2. The third-order valence-electron chi connectivity index (χ3n) is 2.32. The van der Waals surface area contributed by atoms with Crippen LogP contribution in [0.25, 0.3) is 0 Å². The minimum absolute atomic E-state index is 0.473. The third-order valence-corrected chi connectivity index (χ3v) is 3.32. The number of aromatic nitrogens is 2. The highest BCUT2D eigenvalue weighted by Crippen LogP contribution is 2.19. The molecule has 0 atom stereocenters. The van der Waals surface area contributed by atoms with Gasteiger partial charge in [-0.05, 0) is 24.4 Å². The Morgan fingerprint density at radius 2 is 2.14 bits per heavy atom. The third kappa shape index (κ3) is 2.62. The Kier molecular flexibility index (Phi) is 3.30. The number of nitrogens with zero attached hydrogens (tertiary/aromatic N) is 3. The molecule has 0 spiro atoms. The molecule has 14 heavy (non-hydrogen) atoms. The van der Waals surface area contributed by atoms with Gasteiger partial charge in [0.15, 0.2) is 0 Å². The zero-order chi connectivity index (χ0) is 9.97. The molecule has 0 aromatic carbocycles. The molecule has 0 saturated carbocycles. The molecule has 1 aliphatic rings. The summed E-state index contributed by atoms with van der Waals surface area (Å²) in [7, 11) is 0. The maximum absolute atomic E-state index is 12.8. The highest BCUT2D eigenvalue weighted by atomic mass is 35.5. The lowest BCUT2D eigenvalue weighted by Crippen LogP contribution is -2.33. The van der Waals surface area contributed by atoms with Crippen molar-refractivity contribution in [1.29, 1.82) is 0 Å². The van der Waals surface area contributed by atoms with Gasteiger partial charge in [0.05, 0.1) is 6.54 Å². The molecule has 78 valence electrons. The van der Waals surface area contributed by atoms with Gasteiger partial charge in [0.25, 0.3) is 0 Å². The molecule has 1 fully saturated rings. The Labute approximate surface area is 90.9 Å². The van der Waals surface area contributed by atoms with Crippen molar-refractivity contribution in [1.82, 2.24) is 15.1 Å². The molecular weight excluding hydrogens is 225 g/mol. The van der Waals surface area contributed by atoms with Crippen LogP contribution in [0.15, 0.2) is 0 Å². The molecule has 0 N–H and O–H groups in total. The molecule has 1 saturated heterocycles. The molecule has 0 radical (unpaired) electrons. The summed E-state index contributed by atoms with van der Waals surface area (Å²) in [6.07, 6.45) is 0.642. The number of hydrogen-bond donors (Lipinski definition) is 0. The highest BCUT2D eigenvalue weighted by molar-refractivity contribution is 7.15. The second-order valence-electron chi connectivity index (χ2n) is 3.40. The van der Waals surface area contributed by atoms with Gasteiger partial charge in [-0.2, -0.15) is 0 Å². The van der Waals surface area contributed by atoms with Gasteiger partial charge in [0.1, 0.15) is 11.2 Å². The molecule has 1 aromatic heterocycles. The molecule has 1 aromatic rings. The molecule has 0 unspecified atom stereocenters. The van der Waals surface area contributed by atoms with E-state index < -0.39 is 6.17 Å². The first-order valence-corrected chi connectivity index (χ1v) is 5.78. The number of likely N-dealkylation sites (tertiary alicyclic amines) is 1. The van der Waals surface area contributed by atoms with Crippen molar-refractivity contribution in [2.75, 3.05) is 13.1 Å². The van der Waals surface area contributed by atoms with Crippen LogP contribution in [-0.2, 0) is 6.54 Å². The summed E-state index contributed by atoms with van der Waals surface area (Å²) >= 11 is 7.06. The number of piperidine rings is 1.